The Morgan fingerprint density at radius 2 is 1.60 bits per heavy atom. The molecule has 2 aromatic carbocycles. The molecule has 1 aromatic heterocycles. The van der Waals surface area contributed by atoms with Gasteiger partial charge in [0.15, 0.2) is 0 Å². The number of nitrogens with zero attached hydrogens (tertiary/aromatic N) is 2. The number of hydrogen-bond donors (Lipinski definition) is 0. The van der Waals surface area contributed by atoms with Gasteiger partial charge in [0.05, 0.1) is 26.6 Å². The summed E-state index contributed by atoms with van der Waals surface area (Å²) in [5, 5.41) is 2.05. The van der Waals surface area contributed by atoms with Gasteiger partial charge in [-0.05, 0) is 53.6 Å². The highest BCUT2D eigenvalue weighted by molar-refractivity contribution is 7.10. The summed E-state index contributed by atoms with van der Waals surface area (Å²) in [5.41, 5.74) is 3.12. The normalized spacial score (nSPS) is 10.7. The monoisotopic (exact) mass is 494 g/mol. The van der Waals surface area contributed by atoms with Gasteiger partial charge in [-0.3, -0.25) is 9.59 Å². The Labute approximate surface area is 212 Å². The van der Waals surface area contributed by atoms with Crippen molar-refractivity contribution in [2.75, 3.05) is 33.9 Å². The van der Waals surface area contributed by atoms with Crippen LogP contribution in [0.15, 0.2) is 66.0 Å². The zero-order chi connectivity index (χ0) is 25.0. The second-order valence-corrected chi connectivity index (χ2v) is 9.45. The molecule has 3 rings (SSSR count). The van der Waals surface area contributed by atoms with E-state index in [4.69, 9.17) is 9.47 Å². The van der Waals surface area contributed by atoms with Crippen molar-refractivity contribution in [3.8, 4) is 5.75 Å². The van der Waals surface area contributed by atoms with Crippen molar-refractivity contribution in [2.24, 2.45) is 0 Å². The van der Waals surface area contributed by atoms with Crippen molar-refractivity contribution in [3.05, 3.63) is 87.6 Å². The largest absolute Gasteiger partial charge is 0.497 e. The predicted octanol–water partition coefficient (Wildman–Crippen LogP) is 4.70. The minimum atomic E-state index is -0.0772. The molecule has 0 aliphatic heterocycles. The molecule has 0 spiro atoms. The molecule has 3 aromatic rings. The first-order chi connectivity index (χ1) is 17.0. The lowest BCUT2D eigenvalue weighted by Gasteiger charge is -2.28. The van der Waals surface area contributed by atoms with Gasteiger partial charge in [-0.25, -0.2) is 0 Å². The van der Waals surface area contributed by atoms with Crippen molar-refractivity contribution in [3.63, 3.8) is 0 Å². The Hall–Kier alpha value is -3.16. The molecule has 0 aliphatic rings. The number of amides is 2. The fourth-order valence-electron chi connectivity index (χ4n) is 3.76. The third kappa shape index (κ3) is 8.23. The summed E-state index contributed by atoms with van der Waals surface area (Å²) < 4.78 is 10.4. The Kier molecular flexibility index (Phi) is 10.3. The van der Waals surface area contributed by atoms with E-state index in [0.717, 1.165) is 21.8 Å². The molecule has 6 nitrogen and oxygen atoms in total. The Morgan fingerprint density at radius 1 is 0.857 bits per heavy atom. The number of benzene rings is 2. The molecule has 35 heavy (non-hydrogen) atoms. The van der Waals surface area contributed by atoms with Crippen LogP contribution >= 0.6 is 11.3 Å². The molecule has 2 amide bonds. The third-order valence-electron chi connectivity index (χ3n) is 5.84. The van der Waals surface area contributed by atoms with Crippen LogP contribution in [0, 0.1) is 6.92 Å². The topological polar surface area (TPSA) is 59.1 Å². The number of methoxy groups -OCH3 is 2. The summed E-state index contributed by atoms with van der Waals surface area (Å²) >= 11 is 1.65. The van der Waals surface area contributed by atoms with Crippen LogP contribution in [-0.2, 0) is 33.8 Å². The standard InChI is InChI=1S/C28H34N2O4S/c1-22-14-17-35-26(22)20-30(19-24-8-5-4-6-9-24)28(32)21-29(15-7-16-33-2)27(31)18-23-10-12-25(34-3)13-11-23/h4-6,8-14,17H,7,15-16,18-21H2,1-3H3. The maximum atomic E-state index is 13.6. The SMILES string of the molecule is COCCCN(CC(=O)N(Cc1ccccc1)Cc1sccc1C)C(=O)Cc1ccc(OC)cc1. The first kappa shape index (κ1) is 26.4. The van der Waals surface area contributed by atoms with Crippen LogP contribution in [0.4, 0.5) is 0 Å². The van der Waals surface area contributed by atoms with Crippen LogP contribution in [0.2, 0.25) is 0 Å². The molecule has 0 bridgehead atoms. The van der Waals surface area contributed by atoms with Gasteiger partial charge >= 0.3 is 0 Å². The van der Waals surface area contributed by atoms with Crippen LogP contribution < -0.4 is 4.74 Å². The van der Waals surface area contributed by atoms with Crippen molar-refractivity contribution in [2.45, 2.75) is 32.9 Å². The van der Waals surface area contributed by atoms with Crippen molar-refractivity contribution >= 4 is 23.2 Å². The van der Waals surface area contributed by atoms with E-state index >= 15 is 0 Å². The van der Waals surface area contributed by atoms with E-state index in [-0.39, 0.29) is 24.8 Å². The summed E-state index contributed by atoms with van der Waals surface area (Å²) in [6.45, 7) is 4.11. The number of aryl methyl sites for hydroxylation is 1. The molecule has 1 heterocycles. The van der Waals surface area contributed by atoms with Crippen LogP contribution in [-0.4, -0.2) is 55.5 Å². The second kappa shape index (κ2) is 13.7. The van der Waals surface area contributed by atoms with Gasteiger partial charge in [0.1, 0.15) is 5.75 Å². The van der Waals surface area contributed by atoms with Crippen LogP contribution in [0.5, 0.6) is 5.75 Å². The van der Waals surface area contributed by atoms with Gasteiger partial charge in [0.25, 0.3) is 0 Å². The van der Waals surface area contributed by atoms with Crippen molar-refractivity contribution in [1.82, 2.24) is 9.80 Å². The molecular weight excluding hydrogens is 460 g/mol. The van der Waals surface area contributed by atoms with E-state index in [2.05, 4.69) is 13.0 Å². The summed E-state index contributed by atoms with van der Waals surface area (Å²) in [5.74, 6) is 0.600. The molecule has 0 atom stereocenters. The first-order valence-electron chi connectivity index (χ1n) is 11.7. The summed E-state index contributed by atoms with van der Waals surface area (Å²) in [6, 6.07) is 19.5. The molecule has 0 saturated heterocycles. The average molecular weight is 495 g/mol. The maximum Gasteiger partial charge on any atom is 0.242 e. The minimum Gasteiger partial charge on any atom is -0.497 e. The number of rotatable bonds is 13. The quantitative estimate of drug-likeness (QED) is 0.323. The molecular formula is C28H34N2O4S. The zero-order valence-electron chi connectivity index (χ0n) is 20.7. The second-order valence-electron chi connectivity index (χ2n) is 8.45. The average Bonchev–Trinajstić information content (AvgIpc) is 3.28. The van der Waals surface area contributed by atoms with Gasteiger partial charge in [0, 0.05) is 31.7 Å². The van der Waals surface area contributed by atoms with E-state index in [9.17, 15) is 9.59 Å². The lowest BCUT2D eigenvalue weighted by molar-refractivity contribution is -0.141. The van der Waals surface area contributed by atoms with Gasteiger partial charge in [-0.1, -0.05) is 42.5 Å². The van der Waals surface area contributed by atoms with E-state index < -0.39 is 0 Å². The number of ether oxygens (including phenoxy) is 2. The van der Waals surface area contributed by atoms with Gasteiger partial charge in [0.2, 0.25) is 11.8 Å². The lowest BCUT2D eigenvalue weighted by atomic mass is 10.1. The van der Waals surface area contributed by atoms with E-state index in [1.807, 2.05) is 64.9 Å². The van der Waals surface area contributed by atoms with Crippen LogP contribution in [0.3, 0.4) is 0 Å². The highest BCUT2D eigenvalue weighted by atomic mass is 32.1. The Morgan fingerprint density at radius 3 is 2.23 bits per heavy atom. The van der Waals surface area contributed by atoms with Crippen LogP contribution in [0.1, 0.15) is 28.0 Å². The molecule has 0 saturated carbocycles. The number of carbonyl (C=O) groups is 2. The summed E-state index contributed by atoms with van der Waals surface area (Å²) in [7, 11) is 3.25. The number of thiophene rings is 1. The first-order valence-corrected chi connectivity index (χ1v) is 12.6. The summed E-state index contributed by atoms with van der Waals surface area (Å²) in [6.07, 6.45) is 0.897. The molecule has 0 aliphatic carbocycles. The summed E-state index contributed by atoms with van der Waals surface area (Å²) in [4.78, 5) is 31.5. The van der Waals surface area contributed by atoms with Crippen molar-refractivity contribution in [1.29, 1.82) is 0 Å². The fourth-order valence-corrected chi connectivity index (χ4v) is 4.68. The third-order valence-corrected chi connectivity index (χ3v) is 6.85. The van der Waals surface area contributed by atoms with Gasteiger partial charge in [-0.15, -0.1) is 11.3 Å². The van der Waals surface area contributed by atoms with E-state index in [1.54, 1.807) is 30.5 Å². The molecule has 7 heteroatoms. The number of carbonyl (C=O) groups excluding carboxylic acids is 2. The molecule has 0 unspecified atom stereocenters. The van der Waals surface area contributed by atoms with Crippen LogP contribution in [0.25, 0.3) is 0 Å². The highest BCUT2D eigenvalue weighted by Gasteiger charge is 2.22. The van der Waals surface area contributed by atoms with Crippen molar-refractivity contribution < 1.29 is 19.1 Å². The molecule has 186 valence electrons. The molecule has 0 radical (unpaired) electrons. The highest BCUT2D eigenvalue weighted by Crippen LogP contribution is 2.20. The fraction of sp³-hybridized carbons (Fsp3) is 0.357. The Bertz CT molecular complexity index is 1070. The zero-order valence-corrected chi connectivity index (χ0v) is 21.6. The van der Waals surface area contributed by atoms with Gasteiger partial charge in [-0.2, -0.15) is 0 Å². The number of hydrogen-bond acceptors (Lipinski definition) is 5. The minimum absolute atomic E-state index is 0.0377. The van der Waals surface area contributed by atoms with E-state index in [0.29, 0.717) is 32.7 Å². The van der Waals surface area contributed by atoms with Gasteiger partial charge < -0.3 is 19.3 Å². The predicted molar refractivity (Wildman–Crippen MR) is 140 cm³/mol. The molecule has 0 N–H and O–H groups in total. The maximum absolute atomic E-state index is 13.6. The Balaban J connectivity index is 1.75. The molecule has 0 fully saturated rings. The lowest BCUT2D eigenvalue weighted by Crippen LogP contribution is -2.43. The smallest absolute Gasteiger partial charge is 0.242 e. The van der Waals surface area contributed by atoms with E-state index in [1.165, 1.54) is 5.56 Å².